The number of benzene rings is 4. The average Bonchev–Trinajstić information content (AvgIpc) is 3.64. The zero-order valence-electron chi connectivity index (χ0n) is 33.8. The third-order valence-corrected chi connectivity index (χ3v) is 12.6. The number of nitrogens with zero attached hydrogens (tertiary/aromatic N) is 6. The first-order chi connectivity index (χ1) is 29.8. The lowest BCUT2D eigenvalue weighted by Gasteiger charge is -2.49. The SMILES string of the molecule is COc1cc2nc(CCn3c(=O)n4n(c3=O)[C@@H]3C[C@H]5C(=O)N(Nc6ccc(F)cc6)C(=O)[C@@]5(c5ccc(Cl)cc5)[C@@H](c5c(O)cccc5OC)C3=CC4)c(=O)n(C)c2cc1OC. The van der Waals surface area contributed by atoms with Crippen LogP contribution in [0.2, 0.25) is 5.02 Å². The number of aromatic hydroxyl groups is 1. The number of hydrazine groups is 1. The number of phenolic OH excluding ortho intramolecular Hbond substituents is 1. The van der Waals surface area contributed by atoms with Crippen LogP contribution in [-0.4, -0.2) is 66.7 Å². The van der Waals surface area contributed by atoms with Gasteiger partial charge >= 0.3 is 11.4 Å². The molecule has 0 radical (unpaired) electrons. The minimum absolute atomic E-state index is 0.0852. The summed E-state index contributed by atoms with van der Waals surface area (Å²) in [4.78, 5) is 77.4. The number of allylic oxidation sites excluding steroid dienone is 2. The van der Waals surface area contributed by atoms with E-state index in [0.29, 0.717) is 38.7 Å². The van der Waals surface area contributed by atoms with Crippen molar-refractivity contribution in [3.8, 4) is 23.0 Å². The molecule has 2 N–H and O–H groups in total. The van der Waals surface area contributed by atoms with Gasteiger partial charge in [0.05, 0.1) is 62.0 Å². The van der Waals surface area contributed by atoms with Crippen molar-refractivity contribution in [2.24, 2.45) is 13.0 Å². The van der Waals surface area contributed by atoms with E-state index in [9.17, 15) is 28.7 Å². The van der Waals surface area contributed by atoms with Gasteiger partial charge in [0.25, 0.3) is 17.4 Å². The number of methoxy groups -OCH3 is 3. The van der Waals surface area contributed by atoms with E-state index in [-0.39, 0.29) is 54.4 Å². The van der Waals surface area contributed by atoms with Gasteiger partial charge in [0.15, 0.2) is 11.5 Å². The van der Waals surface area contributed by atoms with Crippen molar-refractivity contribution in [1.82, 2.24) is 28.5 Å². The lowest BCUT2D eigenvalue weighted by Crippen LogP contribution is -2.53. The summed E-state index contributed by atoms with van der Waals surface area (Å²) in [7, 11) is 5.96. The zero-order chi connectivity index (χ0) is 43.8. The maximum atomic E-state index is 15.4. The number of aryl methyl sites for hydroxylation is 2. The Hall–Kier alpha value is -7.14. The van der Waals surface area contributed by atoms with Crippen LogP contribution in [0.5, 0.6) is 23.0 Å². The fourth-order valence-electron chi connectivity index (χ4n) is 9.56. The molecule has 6 aromatic rings. The normalized spacial score (nSPS) is 20.4. The molecular formula is C44H39ClFN7O9. The number of nitrogens with one attached hydrogen (secondary N) is 1. The largest absolute Gasteiger partial charge is 0.508 e. The Balaban J connectivity index is 1.19. The Morgan fingerprint density at radius 2 is 1.60 bits per heavy atom. The number of phenols is 1. The molecule has 62 heavy (non-hydrogen) atoms. The lowest BCUT2D eigenvalue weighted by atomic mass is 9.53. The number of ether oxygens (including phenoxy) is 3. The predicted molar refractivity (Wildman–Crippen MR) is 224 cm³/mol. The number of carbonyl (C=O) groups is 2. The highest BCUT2D eigenvalue weighted by molar-refractivity contribution is 6.30. The second-order valence-corrected chi connectivity index (χ2v) is 15.8. The number of imide groups is 1. The van der Waals surface area contributed by atoms with Crippen molar-refractivity contribution in [1.29, 1.82) is 0 Å². The maximum Gasteiger partial charge on any atom is 0.347 e. The second kappa shape index (κ2) is 15.1. The third-order valence-electron chi connectivity index (χ3n) is 12.4. The number of carbonyl (C=O) groups excluding carboxylic acids is 2. The van der Waals surface area contributed by atoms with Gasteiger partial charge in [-0.15, -0.1) is 0 Å². The Morgan fingerprint density at radius 1 is 0.903 bits per heavy atom. The molecule has 0 spiro atoms. The number of fused-ring (bicyclic) bond motifs is 5. The van der Waals surface area contributed by atoms with Crippen molar-refractivity contribution in [2.45, 2.75) is 43.3 Å². The van der Waals surface area contributed by atoms with Gasteiger partial charge in [0.2, 0.25) is 0 Å². The van der Waals surface area contributed by atoms with Crippen LogP contribution >= 0.6 is 11.6 Å². The fraction of sp³-hybridized carbons (Fsp3) is 0.273. The Labute approximate surface area is 356 Å². The van der Waals surface area contributed by atoms with Gasteiger partial charge in [0, 0.05) is 48.6 Å². The molecule has 1 saturated heterocycles. The third kappa shape index (κ3) is 5.93. The van der Waals surface area contributed by atoms with Crippen molar-refractivity contribution in [2.75, 3.05) is 26.8 Å². The first-order valence-electron chi connectivity index (χ1n) is 19.6. The summed E-state index contributed by atoms with van der Waals surface area (Å²) in [6, 6.07) is 18.6. The standard InChI is InChI=1S/C44H39ClFN7O9/c1-49-32-22-36(62-4)35(61-3)21-30(32)47-29(40(49)56)17-18-50-42(58)51-19-16-27-31(53(51)43(50)59)20-28-39(55)52(48-26-14-12-25(46)13-15-26)41(57)44(28,23-8-10-24(45)11-9-23)38(27)37-33(54)6-5-7-34(37)60-2/h5-16,21-22,28,31,38,48,54H,17-20H2,1-4H3/t28-,31+,38+,44+/m0/s1. The van der Waals surface area contributed by atoms with Crippen LogP contribution in [0.4, 0.5) is 10.1 Å². The summed E-state index contributed by atoms with van der Waals surface area (Å²) in [5, 5.41) is 13.0. The van der Waals surface area contributed by atoms with Crippen LogP contribution in [0.15, 0.2) is 105 Å². The molecule has 2 aliphatic heterocycles. The lowest BCUT2D eigenvalue weighted by molar-refractivity contribution is -0.138. The monoisotopic (exact) mass is 863 g/mol. The summed E-state index contributed by atoms with van der Waals surface area (Å²) in [6.07, 6.45) is 1.53. The minimum atomic E-state index is -1.77. The molecule has 3 aliphatic rings. The number of amides is 2. The highest BCUT2D eigenvalue weighted by Gasteiger charge is 2.69. The first-order valence-corrected chi connectivity index (χ1v) is 20.0. The van der Waals surface area contributed by atoms with E-state index in [1.54, 1.807) is 61.7 Å². The van der Waals surface area contributed by atoms with Gasteiger partial charge in [0.1, 0.15) is 23.0 Å². The Morgan fingerprint density at radius 3 is 2.29 bits per heavy atom. The molecule has 1 saturated carbocycles. The molecule has 4 aromatic carbocycles. The summed E-state index contributed by atoms with van der Waals surface area (Å²) < 4.78 is 35.6. The second-order valence-electron chi connectivity index (χ2n) is 15.3. The van der Waals surface area contributed by atoms with E-state index >= 15 is 4.79 Å². The van der Waals surface area contributed by atoms with Gasteiger partial charge in [-0.2, -0.15) is 5.01 Å². The number of anilines is 1. The van der Waals surface area contributed by atoms with Crippen LogP contribution < -0.4 is 36.6 Å². The molecule has 18 heteroatoms. The Bertz CT molecular complexity index is 3050. The molecule has 2 fully saturated rings. The minimum Gasteiger partial charge on any atom is -0.508 e. The molecule has 4 heterocycles. The molecule has 0 unspecified atom stereocenters. The predicted octanol–water partition coefficient (Wildman–Crippen LogP) is 4.44. The van der Waals surface area contributed by atoms with Gasteiger partial charge < -0.3 is 23.9 Å². The van der Waals surface area contributed by atoms with Gasteiger partial charge in [-0.1, -0.05) is 35.9 Å². The molecule has 2 amide bonds. The molecule has 318 valence electrons. The summed E-state index contributed by atoms with van der Waals surface area (Å²) in [5.74, 6) is -3.44. The average molecular weight is 864 g/mol. The van der Waals surface area contributed by atoms with Gasteiger partial charge in [-0.05, 0) is 66.1 Å². The van der Waals surface area contributed by atoms with E-state index in [4.69, 9.17) is 25.8 Å². The van der Waals surface area contributed by atoms with E-state index in [1.165, 1.54) is 65.6 Å². The van der Waals surface area contributed by atoms with Crippen molar-refractivity contribution < 1.29 is 33.3 Å². The van der Waals surface area contributed by atoms with Gasteiger partial charge in [-0.25, -0.2) is 32.9 Å². The van der Waals surface area contributed by atoms with E-state index in [2.05, 4.69) is 10.4 Å². The van der Waals surface area contributed by atoms with Crippen LogP contribution in [0.3, 0.4) is 0 Å². The molecule has 2 aromatic heterocycles. The molecule has 1 aliphatic carbocycles. The molecule has 4 atom stereocenters. The summed E-state index contributed by atoms with van der Waals surface area (Å²) in [5.41, 5.74) is 1.66. The van der Waals surface area contributed by atoms with Gasteiger partial charge in [-0.3, -0.25) is 19.8 Å². The molecule has 9 rings (SSSR count). The number of aromatic nitrogens is 5. The Kier molecular flexibility index (Phi) is 9.80. The highest BCUT2D eigenvalue weighted by atomic mass is 35.5. The number of halogens is 2. The van der Waals surface area contributed by atoms with E-state index in [1.807, 2.05) is 0 Å². The topological polar surface area (TPSA) is 181 Å². The molecular weight excluding hydrogens is 825 g/mol. The highest BCUT2D eigenvalue weighted by Crippen LogP contribution is 2.64. The van der Waals surface area contributed by atoms with E-state index in [0.717, 1.165) is 9.58 Å². The molecule has 0 bridgehead atoms. The molecule has 16 nitrogen and oxygen atoms in total. The van der Waals surface area contributed by atoms with Crippen molar-refractivity contribution in [3.05, 3.63) is 149 Å². The fourth-order valence-corrected chi connectivity index (χ4v) is 9.69. The van der Waals surface area contributed by atoms with Crippen LogP contribution in [-0.2, 0) is 41.6 Å². The van der Waals surface area contributed by atoms with Crippen molar-refractivity contribution >= 4 is 40.1 Å². The smallest absolute Gasteiger partial charge is 0.347 e. The van der Waals surface area contributed by atoms with Crippen LogP contribution in [0.1, 0.15) is 35.2 Å². The number of hydrogen-bond acceptors (Lipinski definition) is 11. The van der Waals surface area contributed by atoms with Crippen molar-refractivity contribution in [3.63, 3.8) is 0 Å². The summed E-state index contributed by atoms with van der Waals surface area (Å²) >= 11 is 6.38. The number of rotatable bonds is 10. The summed E-state index contributed by atoms with van der Waals surface area (Å²) in [6.45, 7) is -0.326. The van der Waals surface area contributed by atoms with Crippen LogP contribution in [0, 0.1) is 11.7 Å². The first kappa shape index (κ1) is 40.3. The van der Waals surface area contributed by atoms with Crippen LogP contribution in [0.25, 0.3) is 11.0 Å². The number of hydrogen-bond donors (Lipinski definition) is 2. The van der Waals surface area contributed by atoms with E-state index < -0.39 is 57.9 Å². The maximum absolute atomic E-state index is 15.4. The zero-order valence-corrected chi connectivity index (χ0v) is 34.6. The quantitative estimate of drug-likeness (QED) is 0.147.